The van der Waals surface area contributed by atoms with Crippen LogP contribution in [0.4, 0.5) is 0 Å². The molecular formula is C25H33Cl2N3O3Si. The van der Waals surface area contributed by atoms with Crippen LogP contribution in [0, 0.1) is 20.8 Å². The van der Waals surface area contributed by atoms with E-state index < -0.39 is 8.32 Å². The molecule has 0 saturated heterocycles. The third-order valence-electron chi connectivity index (χ3n) is 6.32. The van der Waals surface area contributed by atoms with Gasteiger partial charge in [-0.3, -0.25) is 0 Å². The molecule has 1 aromatic carbocycles. The molecule has 34 heavy (non-hydrogen) atoms. The van der Waals surface area contributed by atoms with Crippen LogP contribution in [0.3, 0.4) is 0 Å². The highest BCUT2D eigenvalue weighted by atomic mass is 35.5. The second-order valence-corrected chi connectivity index (χ2v) is 15.7. The molecule has 0 fully saturated rings. The van der Waals surface area contributed by atoms with E-state index in [0.29, 0.717) is 45.4 Å². The van der Waals surface area contributed by atoms with E-state index in [1.54, 1.807) is 6.07 Å². The second kappa shape index (κ2) is 9.97. The van der Waals surface area contributed by atoms with Gasteiger partial charge in [-0.05, 0) is 64.0 Å². The molecule has 184 valence electrons. The number of hydrogen-bond acceptors (Lipinski definition) is 6. The Kier molecular flexibility index (Phi) is 7.82. The van der Waals surface area contributed by atoms with Gasteiger partial charge in [0.1, 0.15) is 23.3 Å². The molecule has 0 bridgehead atoms. The van der Waals surface area contributed by atoms with Crippen molar-refractivity contribution in [2.45, 2.75) is 72.7 Å². The minimum absolute atomic E-state index is 0.0452. The number of halogens is 2. The SMILES string of the molecule is Cc1noc(C)c1-c1nc(-c2cc(OC[C@@H](C)O[Si](C)(C)C(C)(C)C)ccc2Cl)nc(Cl)c1C. The number of aromatic nitrogens is 3. The molecule has 0 amide bonds. The van der Waals surface area contributed by atoms with Crippen LogP contribution in [0.5, 0.6) is 5.75 Å². The van der Waals surface area contributed by atoms with Gasteiger partial charge in [0, 0.05) is 11.1 Å². The van der Waals surface area contributed by atoms with E-state index in [1.165, 1.54) is 0 Å². The Bertz CT molecular complexity index is 1170. The molecule has 0 aliphatic carbocycles. The lowest BCUT2D eigenvalue weighted by molar-refractivity contribution is 0.129. The van der Waals surface area contributed by atoms with E-state index in [1.807, 2.05) is 39.8 Å². The minimum Gasteiger partial charge on any atom is -0.491 e. The summed E-state index contributed by atoms with van der Waals surface area (Å²) >= 11 is 13.0. The van der Waals surface area contributed by atoms with Crippen LogP contribution in [0.2, 0.25) is 28.3 Å². The molecule has 0 aliphatic heterocycles. The van der Waals surface area contributed by atoms with Crippen LogP contribution in [-0.4, -0.2) is 36.2 Å². The fourth-order valence-corrected chi connectivity index (χ4v) is 5.17. The molecule has 0 unspecified atom stereocenters. The van der Waals surface area contributed by atoms with Crippen molar-refractivity contribution in [3.63, 3.8) is 0 Å². The molecule has 2 heterocycles. The van der Waals surface area contributed by atoms with Gasteiger partial charge >= 0.3 is 0 Å². The van der Waals surface area contributed by atoms with Crippen LogP contribution in [0.25, 0.3) is 22.6 Å². The zero-order valence-corrected chi connectivity index (χ0v) is 23.9. The third-order valence-corrected chi connectivity index (χ3v) is 11.6. The monoisotopic (exact) mass is 521 g/mol. The Labute approximate surface area is 213 Å². The lowest BCUT2D eigenvalue weighted by Gasteiger charge is -2.38. The van der Waals surface area contributed by atoms with Gasteiger partial charge in [0.2, 0.25) is 0 Å². The fraction of sp³-hybridized carbons (Fsp3) is 0.480. The topological polar surface area (TPSA) is 70.3 Å². The number of benzene rings is 1. The molecule has 2 aromatic heterocycles. The molecule has 0 saturated carbocycles. The Morgan fingerprint density at radius 1 is 1.09 bits per heavy atom. The lowest BCUT2D eigenvalue weighted by atomic mass is 10.1. The molecule has 9 heteroatoms. The second-order valence-electron chi connectivity index (χ2n) is 10.2. The standard InChI is InChI=1S/C25H33Cl2N3O3Si/c1-14(33-34(8,9)25(5,6)7)13-31-18-10-11-20(26)19(12-18)24-28-22(15(2)23(27)29-24)21-16(3)30-32-17(21)4/h10-12,14H,13H2,1-9H3/t14-/m1/s1. The quantitative estimate of drug-likeness (QED) is 0.233. The number of hydrogen-bond donors (Lipinski definition) is 0. The average molecular weight is 523 g/mol. The van der Waals surface area contributed by atoms with Crippen molar-refractivity contribution >= 4 is 31.5 Å². The molecule has 0 radical (unpaired) electrons. The summed E-state index contributed by atoms with van der Waals surface area (Å²) in [4.78, 5) is 9.28. The Hall–Kier alpha value is -1.93. The van der Waals surface area contributed by atoms with Gasteiger partial charge in [-0.25, -0.2) is 9.97 Å². The number of nitrogens with zero attached hydrogens (tertiary/aromatic N) is 3. The first kappa shape index (κ1) is 26.7. The van der Waals surface area contributed by atoms with Gasteiger partial charge in [0.15, 0.2) is 14.1 Å². The van der Waals surface area contributed by atoms with Crippen LogP contribution in [0.15, 0.2) is 22.7 Å². The smallest absolute Gasteiger partial charge is 0.192 e. The largest absolute Gasteiger partial charge is 0.491 e. The molecule has 0 spiro atoms. The normalized spacial score (nSPS) is 13.3. The predicted octanol–water partition coefficient (Wildman–Crippen LogP) is 7.82. The zero-order chi connectivity index (χ0) is 25.4. The predicted molar refractivity (Wildman–Crippen MR) is 140 cm³/mol. The lowest BCUT2D eigenvalue weighted by Crippen LogP contribution is -2.44. The highest BCUT2D eigenvalue weighted by molar-refractivity contribution is 6.74. The van der Waals surface area contributed by atoms with Crippen molar-refractivity contribution in [2.75, 3.05) is 6.61 Å². The first-order valence-electron chi connectivity index (χ1n) is 11.3. The van der Waals surface area contributed by atoms with Crippen LogP contribution in [-0.2, 0) is 4.43 Å². The maximum Gasteiger partial charge on any atom is 0.192 e. The van der Waals surface area contributed by atoms with Crippen molar-refractivity contribution in [3.05, 3.63) is 45.4 Å². The number of ether oxygens (including phenoxy) is 1. The first-order valence-corrected chi connectivity index (χ1v) is 15.0. The van der Waals surface area contributed by atoms with Gasteiger partial charge in [0.25, 0.3) is 0 Å². The molecular weight excluding hydrogens is 489 g/mol. The highest BCUT2D eigenvalue weighted by Crippen LogP contribution is 2.38. The summed E-state index contributed by atoms with van der Waals surface area (Å²) in [5, 5.41) is 5.03. The van der Waals surface area contributed by atoms with Gasteiger partial charge in [-0.2, -0.15) is 0 Å². The molecule has 0 N–H and O–H groups in total. The highest BCUT2D eigenvalue weighted by Gasteiger charge is 2.38. The van der Waals surface area contributed by atoms with Crippen molar-refractivity contribution in [1.29, 1.82) is 0 Å². The fourth-order valence-electron chi connectivity index (χ4n) is 3.37. The van der Waals surface area contributed by atoms with Crippen molar-refractivity contribution in [1.82, 2.24) is 15.1 Å². The van der Waals surface area contributed by atoms with Crippen molar-refractivity contribution < 1.29 is 13.7 Å². The molecule has 3 rings (SSSR count). The van der Waals surface area contributed by atoms with E-state index in [-0.39, 0.29) is 11.1 Å². The van der Waals surface area contributed by atoms with Gasteiger partial charge in [-0.15, -0.1) is 0 Å². The number of aryl methyl sites for hydroxylation is 2. The molecule has 0 aliphatic rings. The maximum absolute atomic E-state index is 6.53. The van der Waals surface area contributed by atoms with Gasteiger partial charge < -0.3 is 13.7 Å². The summed E-state index contributed by atoms with van der Waals surface area (Å²) in [6.07, 6.45) is -0.0452. The van der Waals surface area contributed by atoms with Crippen molar-refractivity contribution in [2.24, 2.45) is 0 Å². The summed E-state index contributed by atoms with van der Waals surface area (Å²) < 4.78 is 17.8. The van der Waals surface area contributed by atoms with E-state index >= 15 is 0 Å². The van der Waals surface area contributed by atoms with Crippen LogP contribution in [0.1, 0.15) is 44.7 Å². The summed E-state index contributed by atoms with van der Waals surface area (Å²) in [7, 11) is -1.88. The summed E-state index contributed by atoms with van der Waals surface area (Å²) in [6, 6.07) is 5.44. The summed E-state index contributed by atoms with van der Waals surface area (Å²) in [6.45, 7) is 19.2. The number of rotatable bonds is 7. The van der Waals surface area contributed by atoms with E-state index in [4.69, 9.17) is 41.9 Å². The Morgan fingerprint density at radius 3 is 2.35 bits per heavy atom. The van der Waals surface area contributed by atoms with E-state index in [9.17, 15) is 0 Å². The average Bonchev–Trinajstić information content (AvgIpc) is 3.06. The zero-order valence-electron chi connectivity index (χ0n) is 21.3. The van der Waals surface area contributed by atoms with E-state index in [2.05, 4.69) is 44.0 Å². The van der Waals surface area contributed by atoms with E-state index in [0.717, 1.165) is 16.8 Å². The maximum atomic E-state index is 6.53. The van der Waals surface area contributed by atoms with Crippen LogP contribution < -0.4 is 4.74 Å². The summed E-state index contributed by atoms with van der Waals surface area (Å²) in [5.41, 5.74) is 3.60. The minimum atomic E-state index is -1.88. The van der Waals surface area contributed by atoms with Crippen LogP contribution >= 0.6 is 23.2 Å². The molecule has 3 aromatic rings. The van der Waals surface area contributed by atoms with Gasteiger partial charge in [-0.1, -0.05) is 49.1 Å². The first-order chi connectivity index (χ1) is 15.7. The molecule has 6 nitrogen and oxygen atoms in total. The molecule has 1 atom stereocenters. The third kappa shape index (κ3) is 5.65. The van der Waals surface area contributed by atoms with Gasteiger partial charge in [0.05, 0.1) is 28.1 Å². The summed E-state index contributed by atoms with van der Waals surface area (Å²) in [5.74, 6) is 1.73. The Balaban J connectivity index is 1.89. The Morgan fingerprint density at radius 2 is 1.76 bits per heavy atom. The van der Waals surface area contributed by atoms with Crippen molar-refractivity contribution in [3.8, 4) is 28.4 Å².